The second-order valence-electron chi connectivity index (χ2n) is 2.72. The lowest BCUT2D eigenvalue weighted by Gasteiger charge is -2.18. The molecule has 0 fully saturated rings. The Morgan fingerprint density at radius 1 is 1.55 bits per heavy atom. The molecule has 0 saturated carbocycles. The Morgan fingerprint density at radius 2 is 1.91 bits per heavy atom. The maximum Gasteiger partial charge on any atom is 0.317 e. The van der Waals surface area contributed by atoms with Crippen molar-refractivity contribution in [3.05, 3.63) is 0 Å². The van der Waals surface area contributed by atoms with Crippen LogP contribution >= 0.6 is 15.9 Å². The summed E-state index contributed by atoms with van der Waals surface area (Å²) in [5.41, 5.74) is -0.356. The highest BCUT2D eigenvalue weighted by Crippen LogP contribution is 2.07. The largest absolute Gasteiger partial charge is 0.459 e. The first-order valence-corrected chi connectivity index (χ1v) is 4.21. The van der Waals surface area contributed by atoms with Crippen LogP contribution in [0.4, 0.5) is 0 Å². The molecular weight excluding hydrogens is 210 g/mol. The zero-order valence-corrected chi connectivity index (χ0v) is 8.69. The van der Waals surface area contributed by atoms with Crippen molar-refractivity contribution < 1.29 is 9.53 Å². The predicted molar refractivity (Wildman–Crippen MR) is 49.5 cm³/mol. The van der Waals surface area contributed by atoms with Gasteiger partial charge in [0.15, 0.2) is 0 Å². The van der Waals surface area contributed by atoms with Gasteiger partial charge in [-0.3, -0.25) is 4.79 Å². The minimum absolute atomic E-state index is 0.220. The summed E-state index contributed by atoms with van der Waals surface area (Å²) in [5.74, 6) is -0.220. The van der Waals surface area contributed by atoms with Crippen LogP contribution < -0.4 is 0 Å². The van der Waals surface area contributed by atoms with Gasteiger partial charge in [0.05, 0.1) is 0 Å². The van der Waals surface area contributed by atoms with Crippen molar-refractivity contribution in [3.63, 3.8) is 0 Å². The zero-order valence-electron chi connectivity index (χ0n) is 7.11. The monoisotopic (exact) mass is 223 g/mol. The van der Waals surface area contributed by atoms with Gasteiger partial charge in [-0.05, 0) is 27.5 Å². The average molecular weight is 224 g/mol. The van der Waals surface area contributed by atoms with Crippen molar-refractivity contribution in [3.8, 4) is 0 Å². The Kier molecular flexibility index (Phi) is 7.62. The van der Waals surface area contributed by atoms with Crippen LogP contribution in [0.25, 0.3) is 0 Å². The second-order valence-corrected chi connectivity index (χ2v) is 3.28. The number of esters is 1. The van der Waals surface area contributed by atoms with E-state index in [9.17, 15) is 4.79 Å². The van der Waals surface area contributed by atoms with E-state index in [1.54, 1.807) is 0 Å². The van der Waals surface area contributed by atoms with Gasteiger partial charge >= 0.3 is 5.97 Å². The number of alkyl halides is 1. The third kappa shape index (κ3) is 12.7. The summed E-state index contributed by atoms with van der Waals surface area (Å²) in [7, 11) is 0. The summed E-state index contributed by atoms with van der Waals surface area (Å²) >= 11 is 2.99. The standard InChI is InChI=1S/C6H11BrO2.CH3N/c1-6(2,3)9-5(8)4-7;1-2/h4H2,1-3H3;2H,1H2. The van der Waals surface area contributed by atoms with Gasteiger partial charge in [0.2, 0.25) is 0 Å². The quantitative estimate of drug-likeness (QED) is 0.420. The predicted octanol–water partition coefficient (Wildman–Crippen LogP) is 1.99. The Labute approximate surface area is 75.8 Å². The molecule has 1 N–H and O–H groups in total. The first kappa shape index (κ1) is 13.2. The van der Waals surface area contributed by atoms with E-state index in [0.717, 1.165) is 0 Å². The number of carbonyl (C=O) groups excluding carboxylic acids is 1. The van der Waals surface area contributed by atoms with Gasteiger partial charge in [0.25, 0.3) is 0 Å². The summed E-state index contributed by atoms with van der Waals surface area (Å²) in [6.45, 7) is 8.02. The van der Waals surface area contributed by atoms with E-state index >= 15 is 0 Å². The number of hydrogen-bond donors (Lipinski definition) is 1. The topological polar surface area (TPSA) is 50.1 Å². The number of rotatable bonds is 1. The van der Waals surface area contributed by atoms with Crippen molar-refractivity contribution in [2.45, 2.75) is 26.4 Å². The minimum Gasteiger partial charge on any atom is -0.459 e. The smallest absolute Gasteiger partial charge is 0.317 e. The first-order valence-electron chi connectivity index (χ1n) is 3.09. The van der Waals surface area contributed by atoms with E-state index in [0.29, 0.717) is 0 Å². The number of nitrogens with one attached hydrogen (secondary N) is 1. The van der Waals surface area contributed by atoms with Gasteiger partial charge in [0.1, 0.15) is 10.9 Å². The summed E-state index contributed by atoms with van der Waals surface area (Å²) < 4.78 is 4.90. The van der Waals surface area contributed by atoms with Crippen molar-refractivity contribution in [1.29, 1.82) is 5.41 Å². The first-order chi connectivity index (χ1) is 4.95. The molecule has 0 heterocycles. The van der Waals surface area contributed by atoms with Crippen molar-refractivity contribution in [2.24, 2.45) is 0 Å². The molecule has 0 atom stereocenters. The second kappa shape index (κ2) is 6.34. The summed E-state index contributed by atoms with van der Waals surface area (Å²) in [6, 6.07) is 0. The fourth-order valence-electron chi connectivity index (χ4n) is 0.369. The molecule has 0 saturated heterocycles. The van der Waals surface area contributed by atoms with Crippen LogP contribution in [0.2, 0.25) is 0 Å². The van der Waals surface area contributed by atoms with Crippen LogP contribution in [0.1, 0.15) is 20.8 Å². The van der Waals surface area contributed by atoms with E-state index in [1.165, 1.54) is 0 Å². The van der Waals surface area contributed by atoms with E-state index in [4.69, 9.17) is 10.1 Å². The van der Waals surface area contributed by atoms with Crippen LogP contribution in [0.3, 0.4) is 0 Å². The number of carbonyl (C=O) groups is 1. The maximum absolute atomic E-state index is 10.6. The fourth-order valence-corrected chi connectivity index (χ4v) is 0.483. The molecule has 0 aliphatic carbocycles. The van der Waals surface area contributed by atoms with Gasteiger partial charge in [0, 0.05) is 0 Å². The van der Waals surface area contributed by atoms with E-state index < -0.39 is 0 Å². The molecule has 66 valence electrons. The molecule has 3 nitrogen and oxygen atoms in total. The van der Waals surface area contributed by atoms with Crippen LogP contribution in [0, 0.1) is 5.41 Å². The van der Waals surface area contributed by atoms with Crippen LogP contribution in [0.15, 0.2) is 0 Å². The molecule has 0 aromatic carbocycles. The minimum atomic E-state index is -0.356. The molecular formula is C7H14BrNO2. The fraction of sp³-hybridized carbons (Fsp3) is 0.714. The van der Waals surface area contributed by atoms with Gasteiger partial charge in [-0.25, -0.2) is 0 Å². The van der Waals surface area contributed by atoms with Crippen molar-refractivity contribution in [1.82, 2.24) is 0 Å². The molecule has 11 heavy (non-hydrogen) atoms. The van der Waals surface area contributed by atoms with Crippen molar-refractivity contribution >= 4 is 28.6 Å². The third-order valence-corrected chi connectivity index (χ3v) is 0.987. The Hall–Kier alpha value is -0.380. The normalized spacial score (nSPS) is 9.45. The van der Waals surface area contributed by atoms with Gasteiger partial charge in [-0.2, -0.15) is 0 Å². The Balaban J connectivity index is 0. The molecule has 0 bridgehead atoms. The summed E-state index contributed by atoms with van der Waals surface area (Å²) in [6.07, 6.45) is 0. The molecule has 4 heteroatoms. The number of hydrogen-bond acceptors (Lipinski definition) is 3. The molecule has 0 rings (SSSR count). The lowest BCUT2D eigenvalue weighted by atomic mass is 10.2. The maximum atomic E-state index is 10.6. The molecule has 0 amide bonds. The molecule has 0 unspecified atom stereocenters. The highest BCUT2D eigenvalue weighted by atomic mass is 79.9. The molecule has 0 aliphatic rings. The van der Waals surface area contributed by atoms with Gasteiger partial charge in [-0.15, -0.1) is 0 Å². The van der Waals surface area contributed by atoms with Crippen LogP contribution in [-0.4, -0.2) is 23.6 Å². The Morgan fingerprint density at radius 3 is 2.00 bits per heavy atom. The molecule has 0 aromatic rings. The number of halogens is 1. The SMILES string of the molecule is C=N.CC(C)(C)OC(=O)CBr. The highest BCUT2D eigenvalue weighted by molar-refractivity contribution is 9.09. The molecule has 0 spiro atoms. The van der Waals surface area contributed by atoms with Crippen molar-refractivity contribution in [2.75, 3.05) is 5.33 Å². The Bertz CT molecular complexity index is 120. The average Bonchev–Trinajstić information content (AvgIpc) is 1.89. The van der Waals surface area contributed by atoms with Gasteiger partial charge < -0.3 is 10.1 Å². The molecule has 0 aliphatic heterocycles. The van der Waals surface area contributed by atoms with Crippen LogP contribution in [-0.2, 0) is 9.53 Å². The van der Waals surface area contributed by atoms with E-state index in [-0.39, 0.29) is 16.9 Å². The lowest BCUT2D eigenvalue weighted by Crippen LogP contribution is -2.24. The summed E-state index contributed by atoms with van der Waals surface area (Å²) in [4.78, 5) is 10.6. The van der Waals surface area contributed by atoms with Crippen LogP contribution in [0.5, 0.6) is 0 Å². The van der Waals surface area contributed by atoms with E-state index in [2.05, 4.69) is 22.6 Å². The summed E-state index contributed by atoms with van der Waals surface area (Å²) in [5, 5.41) is 5.77. The molecule has 0 radical (unpaired) electrons. The highest BCUT2D eigenvalue weighted by Gasteiger charge is 2.14. The molecule has 0 aromatic heterocycles. The van der Waals surface area contributed by atoms with Gasteiger partial charge in [-0.1, -0.05) is 15.9 Å². The number of ether oxygens (including phenoxy) is 1. The third-order valence-electron chi connectivity index (χ3n) is 0.529. The lowest BCUT2D eigenvalue weighted by molar-refractivity contribution is -0.151. The van der Waals surface area contributed by atoms with E-state index in [1.807, 2.05) is 20.8 Å². The zero-order chi connectivity index (χ0) is 9.49.